The summed E-state index contributed by atoms with van der Waals surface area (Å²) in [6, 6.07) is 9.18. The molecule has 3 N–H and O–H groups in total. The number of aromatic nitrogens is 2. The van der Waals surface area contributed by atoms with E-state index in [1.165, 1.54) is 0 Å². The van der Waals surface area contributed by atoms with Gasteiger partial charge in [-0.15, -0.1) is 0 Å². The van der Waals surface area contributed by atoms with Crippen LogP contribution < -0.4 is 5.73 Å². The van der Waals surface area contributed by atoms with E-state index in [2.05, 4.69) is 5.10 Å². The average Bonchev–Trinajstić information content (AvgIpc) is 2.65. The molecule has 0 bridgehead atoms. The van der Waals surface area contributed by atoms with Crippen LogP contribution in [0.5, 0.6) is 0 Å². The molecule has 4 heteroatoms. The molecule has 0 saturated carbocycles. The van der Waals surface area contributed by atoms with Crippen molar-refractivity contribution in [1.29, 1.82) is 0 Å². The second kappa shape index (κ2) is 3.51. The molecule has 0 unspecified atom stereocenters. The maximum absolute atomic E-state index is 8.97. The predicted octanol–water partition coefficient (Wildman–Crippen LogP) is 0.947. The van der Waals surface area contributed by atoms with Gasteiger partial charge in [-0.3, -0.25) is 0 Å². The molecule has 2 aromatic rings. The van der Waals surface area contributed by atoms with Gasteiger partial charge >= 0.3 is 0 Å². The monoisotopic (exact) mass is 189 g/mol. The van der Waals surface area contributed by atoms with E-state index >= 15 is 0 Å². The number of nitrogens with two attached hydrogens (primary N) is 1. The van der Waals surface area contributed by atoms with E-state index in [0.29, 0.717) is 5.82 Å². The predicted molar refractivity (Wildman–Crippen MR) is 53.9 cm³/mol. The maximum Gasteiger partial charge on any atom is 0.127 e. The van der Waals surface area contributed by atoms with E-state index < -0.39 is 0 Å². The molecule has 2 rings (SSSR count). The number of rotatable bonds is 2. The van der Waals surface area contributed by atoms with Crippen molar-refractivity contribution in [1.82, 2.24) is 9.78 Å². The number of hydrogen-bond acceptors (Lipinski definition) is 3. The van der Waals surface area contributed by atoms with E-state index in [0.717, 1.165) is 11.3 Å². The highest BCUT2D eigenvalue weighted by molar-refractivity contribution is 5.42. The van der Waals surface area contributed by atoms with Crippen molar-refractivity contribution in [2.45, 2.75) is 6.61 Å². The zero-order valence-electron chi connectivity index (χ0n) is 7.59. The van der Waals surface area contributed by atoms with Gasteiger partial charge < -0.3 is 10.8 Å². The summed E-state index contributed by atoms with van der Waals surface area (Å²) in [5.74, 6) is 0.583. The third-order valence-corrected chi connectivity index (χ3v) is 2.01. The molecule has 0 spiro atoms. The van der Waals surface area contributed by atoms with E-state index in [-0.39, 0.29) is 6.61 Å². The Balaban J connectivity index is 2.47. The number of aliphatic hydroxyl groups is 1. The Morgan fingerprint density at radius 2 is 2.21 bits per heavy atom. The third-order valence-electron chi connectivity index (χ3n) is 2.01. The fourth-order valence-corrected chi connectivity index (χ4v) is 1.32. The molecular weight excluding hydrogens is 178 g/mol. The van der Waals surface area contributed by atoms with Crippen molar-refractivity contribution in [2.75, 3.05) is 5.73 Å². The number of aliphatic hydroxyl groups excluding tert-OH is 1. The highest BCUT2D eigenvalue weighted by Crippen LogP contribution is 2.13. The summed E-state index contributed by atoms with van der Waals surface area (Å²) in [6.07, 6.45) is 1.64. The van der Waals surface area contributed by atoms with Gasteiger partial charge in [0.05, 0.1) is 18.5 Å². The van der Waals surface area contributed by atoms with Crippen molar-refractivity contribution in [2.24, 2.45) is 0 Å². The molecule has 0 amide bonds. The lowest BCUT2D eigenvalue weighted by Gasteiger charge is -2.04. The van der Waals surface area contributed by atoms with Crippen LogP contribution >= 0.6 is 0 Å². The van der Waals surface area contributed by atoms with E-state index in [1.54, 1.807) is 16.9 Å². The summed E-state index contributed by atoms with van der Waals surface area (Å²) in [5, 5.41) is 13.0. The molecule has 14 heavy (non-hydrogen) atoms. The molecule has 1 aromatic carbocycles. The van der Waals surface area contributed by atoms with E-state index in [1.807, 2.05) is 24.3 Å². The van der Waals surface area contributed by atoms with Crippen molar-refractivity contribution in [3.05, 3.63) is 42.1 Å². The standard InChI is InChI=1S/C10H11N3O/c11-10-4-5-12-13(10)9-3-1-2-8(6-9)7-14/h1-6,14H,7,11H2. The Morgan fingerprint density at radius 1 is 1.36 bits per heavy atom. The summed E-state index contributed by atoms with van der Waals surface area (Å²) in [4.78, 5) is 0. The fourth-order valence-electron chi connectivity index (χ4n) is 1.32. The quantitative estimate of drug-likeness (QED) is 0.739. The van der Waals surface area contributed by atoms with Gasteiger partial charge in [0.15, 0.2) is 0 Å². The second-order valence-electron chi connectivity index (χ2n) is 3.00. The van der Waals surface area contributed by atoms with Crippen LogP contribution in [0.2, 0.25) is 0 Å². The summed E-state index contributed by atoms with van der Waals surface area (Å²) in [6.45, 7) is 0.0228. The molecule has 0 aliphatic rings. The van der Waals surface area contributed by atoms with Crippen LogP contribution in [0.3, 0.4) is 0 Å². The van der Waals surface area contributed by atoms with Crippen LogP contribution in [-0.4, -0.2) is 14.9 Å². The lowest BCUT2D eigenvalue weighted by molar-refractivity contribution is 0.282. The highest BCUT2D eigenvalue weighted by atomic mass is 16.3. The minimum Gasteiger partial charge on any atom is -0.392 e. The summed E-state index contributed by atoms with van der Waals surface area (Å²) < 4.78 is 1.62. The van der Waals surface area contributed by atoms with Crippen LogP contribution in [0, 0.1) is 0 Å². The van der Waals surface area contributed by atoms with Gasteiger partial charge in [-0.25, -0.2) is 4.68 Å². The van der Waals surface area contributed by atoms with Gasteiger partial charge in [0, 0.05) is 6.07 Å². The number of hydrogen-bond donors (Lipinski definition) is 2. The summed E-state index contributed by atoms with van der Waals surface area (Å²) in [5.41, 5.74) is 7.41. The van der Waals surface area contributed by atoms with Crippen LogP contribution in [0.15, 0.2) is 36.5 Å². The zero-order valence-corrected chi connectivity index (χ0v) is 7.59. The number of benzene rings is 1. The van der Waals surface area contributed by atoms with E-state index in [4.69, 9.17) is 10.8 Å². The van der Waals surface area contributed by atoms with Crippen LogP contribution in [0.4, 0.5) is 5.82 Å². The molecule has 0 saturated heterocycles. The molecule has 0 aliphatic heterocycles. The molecule has 1 heterocycles. The zero-order chi connectivity index (χ0) is 9.97. The molecule has 0 radical (unpaired) electrons. The molecular formula is C10H11N3O. The third kappa shape index (κ3) is 1.47. The highest BCUT2D eigenvalue weighted by Gasteiger charge is 2.01. The maximum atomic E-state index is 8.97. The van der Waals surface area contributed by atoms with Crippen molar-refractivity contribution < 1.29 is 5.11 Å². The Labute approximate surface area is 81.6 Å². The minimum atomic E-state index is 0.0228. The molecule has 0 fully saturated rings. The smallest absolute Gasteiger partial charge is 0.127 e. The molecule has 72 valence electrons. The Bertz CT molecular complexity index is 436. The summed E-state index contributed by atoms with van der Waals surface area (Å²) in [7, 11) is 0. The Morgan fingerprint density at radius 3 is 2.86 bits per heavy atom. The lowest BCUT2D eigenvalue weighted by atomic mass is 10.2. The minimum absolute atomic E-state index is 0.0228. The first-order valence-electron chi connectivity index (χ1n) is 4.31. The molecule has 0 atom stereocenters. The molecule has 0 aliphatic carbocycles. The lowest BCUT2D eigenvalue weighted by Crippen LogP contribution is -2.01. The van der Waals surface area contributed by atoms with Crippen molar-refractivity contribution in [3.8, 4) is 5.69 Å². The van der Waals surface area contributed by atoms with Gasteiger partial charge in [0.2, 0.25) is 0 Å². The molecule has 4 nitrogen and oxygen atoms in total. The number of anilines is 1. The SMILES string of the molecule is Nc1ccnn1-c1cccc(CO)c1. The Hall–Kier alpha value is -1.81. The Kier molecular flexibility index (Phi) is 2.20. The van der Waals surface area contributed by atoms with Crippen LogP contribution in [0.1, 0.15) is 5.56 Å². The van der Waals surface area contributed by atoms with Crippen molar-refractivity contribution >= 4 is 5.82 Å². The average molecular weight is 189 g/mol. The normalized spacial score (nSPS) is 10.4. The first-order chi connectivity index (χ1) is 6.81. The second-order valence-corrected chi connectivity index (χ2v) is 3.00. The van der Waals surface area contributed by atoms with Gasteiger partial charge in [0.25, 0.3) is 0 Å². The van der Waals surface area contributed by atoms with Gasteiger partial charge in [0.1, 0.15) is 5.82 Å². The fraction of sp³-hybridized carbons (Fsp3) is 0.100. The topological polar surface area (TPSA) is 64.1 Å². The first-order valence-corrected chi connectivity index (χ1v) is 4.31. The van der Waals surface area contributed by atoms with Crippen LogP contribution in [0.25, 0.3) is 5.69 Å². The largest absolute Gasteiger partial charge is 0.392 e. The first kappa shape index (κ1) is 8.77. The van der Waals surface area contributed by atoms with Crippen LogP contribution in [-0.2, 0) is 6.61 Å². The van der Waals surface area contributed by atoms with Crippen molar-refractivity contribution in [3.63, 3.8) is 0 Å². The van der Waals surface area contributed by atoms with E-state index in [9.17, 15) is 0 Å². The summed E-state index contributed by atoms with van der Waals surface area (Å²) >= 11 is 0. The van der Waals surface area contributed by atoms with Gasteiger partial charge in [-0.2, -0.15) is 5.10 Å². The number of nitrogen functional groups attached to an aromatic ring is 1. The van der Waals surface area contributed by atoms with Gasteiger partial charge in [-0.05, 0) is 17.7 Å². The number of nitrogens with zero attached hydrogens (tertiary/aromatic N) is 2. The van der Waals surface area contributed by atoms with Gasteiger partial charge in [-0.1, -0.05) is 12.1 Å². The molecule has 1 aromatic heterocycles.